The summed E-state index contributed by atoms with van der Waals surface area (Å²) >= 11 is 0. The number of hydrogen-bond acceptors (Lipinski definition) is 3. The first-order chi connectivity index (χ1) is 9.10. The topological polar surface area (TPSA) is 38.3 Å². The van der Waals surface area contributed by atoms with Crippen LogP contribution in [0.4, 0.5) is 0 Å². The van der Waals surface area contributed by atoms with Crippen molar-refractivity contribution in [1.29, 1.82) is 0 Å². The lowest BCUT2D eigenvalue weighted by atomic mass is 10.0. The average Bonchev–Trinajstić information content (AvgIpc) is 2.43. The number of ether oxygens (including phenoxy) is 1. The van der Waals surface area contributed by atoms with E-state index in [1.807, 2.05) is 25.1 Å². The monoisotopic (exact) mass is 261 g/mol. The molecule has 0 aliphatic rings. The van der Waals surface area contributed by atoms with E-state index in [9.17, 15) is 4.79 Å². The molecule has 0 unspecified atom stereocenters. The molecule has 0 heterocycles. The fourth-order valence-corrected chi connectivity index (χ4v) is 2.04. The van der Waals surface area contributed by atoms with Crippen molar-refractivity contribution in [1.82, 2.24) is 5.32 Å². The maximum absolute atomic E-state index is 11.4. The number of carbonyl (C=O) groups is 1. The molecule has 3 heteroatoms. The summed E-state index contributed by atoms with van der Waals surface area (Å²) in [6, 6.07) is 8.57. The number of carbonyl (C=O) groups excluding carboxylic acids is 1. The fraction of sp³-hybridized carbons (Fsp3) is 0.438. The number of hydrogen-bond donors (Lipinski definition) is 1. The van der Waals surface area contributed by atoms with Gasteiger partial charge < -0.3 is 10.1 Å². The number of rotatable bonds is 6. The molecule has 0 aromatic heterocycles. The van der Waals surface area contributed by atoms with Gasteiger partial charge in [0.2, 0.25) is 0 Å². The highest BCUT2D eigenvalue weighted by molar-refractivity contribution is 5.88. The summed E-state index contributed by atoms with van der Waals surface area (Å²) < 4.78 is 4.73. The fourth-order valence-electron chi connectivity index (χ4n) is 2.04. The van der Waals surface area contributed by atoms with Crippen molar-refractivity contribution in [2.24, 2.45) is 0 Å². The summed E-state index contributed by atoms with van der Waals surface area (Å²) in [5.74, 6) is -0.243. The summed E-state index contributed by atoms with van der Waals surface area (Å²) in [6.07, 6.45) is 2.59. The predicted octanol–water partition coefficient (Wildman–Crippen LogP) is 3.16. The minimum atomic E-state index is -0.243. The molecule has 19 heavy (non-hydrogen) atoms. The van der Waals surface area contributed by atoms with Gasteiger partial charge in [0.15, 0.2) is 0 Å². The number of methoxy groups -OCH3 is 1. The molecule has 104 valence electrons. The van der Waals surface area contributed by atoms with Gasteiger partial charge in [-0.05, 0) is 31.4 Å². The van der Waals surface area contributed by atoms with Crippen molar-refractivity contribution in [2.75, 3.05) is 13.7 Å². The van der Waals surface area contributed by atoms with E-state index >= 15 is 0 Å². The zero-order chi connectivity index (χ0) is 14.3. The van der Waals surface area contributed by atoms with Gasteiger partial charge in [-0.15, -0.1) is 0 Å². The number of aryl methyl sites for hydroxylation is 1. The first kappa shape index (κ1) is 15.4. The molecule has 1 atom stereocenters. The molecule has 0 radical (unpaired) electrons. The van der Waals surface area contributed by atoms with Crippen LogP contribution in [0.3, 0.4) is 0 Å². The van der Waals surface area contributed by atoms with E-state index < -0.39 is 0 Å². The highest BCUT2D eigenvalue weighted by atomic mass is 16.5. The van der Waals surface area contributed by atoms with Gasteiger partial charge in [-0.2, -0.15) is 0 Å². The molecule has 1 N–H and O–H groups in total. The van der Waals surface area contributed by atoms with E-state index in [-0.39, 0.29) is 12.0 Å². The molecule has 0 amide bonds. The Kier molecular flexibility index (Phi) is 6.30. The van der Waals surface area contributed by atoms with Crippen LogP contribution in [0, 0.1) is 6.92 Å². The van der Waals surface area contributed by atoms with Crippen molar-refractivity contribution < 1.29 is 9.53 Å². The van der Waals surface area contributed by atoms with E-state index in [0.29, 0.717) is 18.5 Å². The van der Waals surface area contributed by atoms with Gasteiger partial charge in [-0.1, -0.05) is 37.3 Å². The zero-order valence-electron chi connectivity index (χ0n) is 12.2. The van der Waals surface area contributed by atoms with Gasteiger partial charge >= 0.3 is 5.97 Å². The number of nitrogens with one attached hydrogen (secondary N) is 1. The summed E-state index contributed by atoms with van der Waals surface area (Å²) in [5.41, 5.74) is 3.27. The highest BCUT2D eigenvalue weighted by Gasteiger charge is 2.08. The maximum Gasteiger partial charge on any atom is 0.333 e. The average molecular weight is 261 g/mol. The molecular formula is C16H23NO2. The molecule has 0 fully saturated rings. The van der Waals surface area contributed by atoms with Crippen LogP contribution in [-0.2, 0) is 9.53 Å². The van der Waals surface area contributed by atoms with Crippen LogP contribution in [0.25, 0.3) is 0 Å². The second-order valence-electron chi connectivity index (χ2n) is 4.56. The Morgan fingerprint density at radius 2 is 2.11 bits per heavy atom. The van der Waals surface area contributed by atoms with Crippen LogP contribution in [0.15, 0.2) is 35.9 Å². The third-order valence-electron chi connectivity index (χ3n) is 3.26. The SMILES string of the molecule is CC/C(=C/CN[C@H](C)c1ccccc1C)C(=O)OC. The van der Waals surface area contributed by atoms with E-state index in [4.69, 9.17) is 4.74 Å². The number of esters is 1. The largest absolute Gasteiger partial charge is 0.466 e. The molecule has 0 bridgehead atoms. The van der Waals surface area contributed by atoms with Gasteiger partial charge in [0, 0.05) is 18.2 Å². The van der Waals surface area contributed by atoms with Gasteiger partial charge in [0.05, 0.1) is 7.11 Å². The summed E-state index contributed by atoms with van der Waals surface area (Å²) in [6.45, 7) is 6.84. The normalized spacial score (nSPS) is 13.2. The molecular weight excluding hydrogens is 238 g/mol. The smallest absolute Gasteiger partial charge is 0.333 e. The molecule has 0 aliphatic heterocycles. The minimum Gasteiger partial charge on any atom is -0.466 e. The first-order valence-corrected chi connectivity index (χ1v) is 6.66. The van der Waals surface area contributed by atoms with Crippen molar-refractivity contribution in [3.63, 3.8) is 0 Å². The molecule has 1 aromatic carbocycles. The summed E-state index contributed by atoms with van der Waals surface area (Å²) in [4.78, 5) is 11.4. The maximum atomic E-state index is 11.4. The van der Waals surface area contributed by atoms with Gasteiger partial charge in [0.1, 0.15) is 0 Å². The first-order valence-electron chi connectivity index (χ1n) is 6.66. The van der Waals surface area contributed by atoms with Crippen molar-refractivity contribution in [3.8, 4) is 0 Å². The van der Waals surface area contributed by atoms with Gasteiger partial charge in [-0.25, -0.2) is 4.79 Å². The molecule has 1 rings (SSSR count). The second kappa shape index (κ2) is 7.74. The molecule has 1 aromatic rings. The molecule has 0 saturated carbocycles. The molecule has 0 aliphatic carbocycles. The Bertz CT molecular complexity index is 452. The standard InChI is InChI=1S/C16H23NO2/c1-5-14(16(18)19-4)10-11-17-13(3)15-9-7-6-8-12(15)2/h6-10,13,17H,5,11H2,1-4H3/b14-10-/t13-/m1/s1. The van der Waals surface area contributed by atoms with Crippen molar-refractivity contribution >= 4 is 5.97 Å². The lowest BCUT2D eigenvalue weighted by molar-refractivity contribution is -0.136. The zero-order valence-corrected chi connectivity index (χ0v) is 12.2. The predicted molar refractivity (Wildman–Crippen MR) is 78.0 cm³/mol. The van der Waals surface area contributed by atoms with E-state index in [1.165, 1.54) is 18.2 Å². The molecule has 3 nitrogen and oxygen atoms in total. The Morgan fingerprint density at radius 3 is 2.68 bits per heavy atom. The number of benzene rings is 1. The summed E-state index contributed by atoms with van der Waals surface area (Å²) in [5, 5.41) is 3.40. The second-order valence-corrected chi connectivity index (χ2v) is 4.56. The quantitative estimate of drug-likeness (QED) is 0.631. The lowest BCUT2D eigenvalue weighted by Gasteiger charge is -2.15. The minimum absolute atomic E-state index is 0.243. The van der Waals surface area contributed by atoms with Crippen LogP contribution in [0.5, 0.6) is 0 Å². The van der Waals surface area contributed by atoms with Crippen LogP contribution >= 0.6 is 0 Å². The van der Waals surface area contributed by atoms with E-state index in [1.54, 1.807) is 0 Å². The highest BCUT2D eigenvalue weighted by Crippen LogP contribution is 2.16. The Morgan fingerprint density at radius 1 is 1.42 bits per heavy atom. The van der Waals surface area contributed by atoms with Crippen LogP contribution in [-0.4, -0.2) is 19.6 Å². The van der Waals surface area contributed by atoms with Crippen LogP contribution < -0.4 is 5.32 Å². The van der Waals surface area contributed by atoms with Crippen LogP contribution in [0.2, 0.25) is 0 Å². The third-order valence-corrected chi connectivity index (χ3v) is 3.26. The molecule has 0 spiro atoms. The van der Waals surface area contributed by atoms with Gasteiger partial charge in [0.25, 0.3) is 0 Å². The van der Waals surface area contributed by atoms with Crippen molar-refractivity contribution in [2.45, 2.75) is 33.2 Å². The van der Waals surface area contributed by atoms with Gasteiger partial charge in [-0.3, -0.25) is 0 Å². The van der Waals surface area contributed by atoms with E-state index in [0.717, 1.165) is 0 Å². The molecule has 0 saturated heterocycles. The Labute approximate surface area is 115 Å². The van der Waals surface area contributed by atoms with Crippen LogP contribution in [0.1, 0.15) is 37.4 Å². The van der Waals surface area contributed by atoms with Crippen molar-refractivity contribution in [3.05, 3.63) is 47.0 Å². The lowest BCUT2D eigenvalue weighted by Crippen LogP contribution is -2.20. The Hall–Kier alpha value is -1.61. The summed E-state index contributed by atoms with van der Waals surface area (Å²) in [7, 11) is 1.41. The van der Waals surface area contributed by atoms with E-state index in [2.05, 4.69) is 31.3 Å². The Balaban J connectivity index is 2.60. The third kappa shape index (κ3) is 4.52.